The zero-order chi connectivity index (χ0) is 36.3. The first-order valence-corrected chi connectivity index (χ1v) is 18.0. The minimum Gasteiger partial charge on any atom is -0.485 e. The number of nitrogens with one attached hydrogen (secondary N) is 1. The third-order valence-electron chi connectivity index (χ3n) is 9.80. The molecule has 2 aliphatic heterocycles. The van der Waals surface area contributed by atoms with Crippen LogP contribution in [0.4, 0.5) is 5.13 Å². The van der Waals surface area contributed by atoms with E-state index in [-0.39, 0.29) is 29.3 Å². The van der Waals surface area contributed by atoms with Crippen LogP contribution in [0.25, 0.3) is 0 Å². The van der Waals surface area contributed by atoms with Crippen molar-refractivity contribution in [1.82, 2.24) is 15.4 Å². The summed E-state index contributed by atoms with van der Waals surface area (Å²) in [6.45, 7) is 4.00. The quantitative estimate of drug-likeness (QED) is 0.0598. The van der Waals surface area contributed by atoms with E-state index in [9.17, 15) is 27.9 Å². The van der Waals surface area contributed by atoms with E-state index < -0.39 is 57.2 Å². The molecule has 1 unspecified atom stereocenters. The Morgan fingerprint density at radius 2 is 1.98 bits per heavy atom. The second-order valence-electron chi connectivity index (χ2n) is 13.6. The lowest BCUT2D eigenvalue weighted by molar-refractivity contribution is -0.218. The molecule has 1 aromatic heterocycles. The average molecular weight is 735 g/mol. The summed E-state index contributed by atoms with van der Waals surface area (Å²) in [5.74, 6) is -1.60. The molecule has 0 bridgehead atoms. The van der Waals surface area contributed by atoms with E-state index in [4.69, 9.17) is 36.3 Å². The molecule has 7 atom stereocenters. The first-order valence-electron chi connectivity index (χ1n) is 15.8. The Kier molecular flexibility index (Phi) is 9.04. The number of aliphatic carboxylic acids is 1. The second-order valence-corrected chi connectivity index (χ2v) is 15.5. The third kappa shape index (κ3) is 6.72. The van der Waals surface area contributed by atoms with E-state index in [1.807, 2.05) is 6.07 Å². The van der Waals surface area contributed by atoms with Crippen LogP contribution in [0.1, 0.15) is 63.3 Å². The molecule has 50 heavy (non-hydrogen) atoms. The van der Waals surface area contributed by atoms with Gasteiger partial charge in [-0.25, -0.2) is 9.78 Å². The normalized spacial score (nSPS) is 28.7. The fourth-order valence-electron chi connectivity index (χ4n) is 6.71. The molecule has 1 aromatic carbocycles. The number of amidine groups is 1. The number of carboxylic acid groups (broad SMARTS) is 1. The van der Waals surface area contributed by atoms with E-state index in [0.29, 0.717) is 34.9 Å². The maximum Gasteiger partial charge on any atom is 0.418 e. The first kappa shape index (κ1) is 35.5. The van der Waals surface area contributed by atoms with Gasteiger partial charge in [0.1, 0.15) is 23.3 Å². The number of hydroxylamine groups is 2. The average Bonchev–Trinajstić information content (AvgIpc) is 3.77. The minimum atomic E-state index is -5.03. The number of hydrogen-bond donors (Lipinski definition) is 6. The smallest absolute Gasteiger partial charge is 0.418 e. The number of aromatic nitrogens is 1. The number of carbonyl (C=O) groups excluding carboxylic acids is 2. The highest BCUT2D eigenvalue weighted by atomic mass is 32.3. The standard InChI is InChI=1S/C30H38N8O10S2/c1-29(2)23(26(40)38(29)48-50(43,44)45)36-25(39)22(19-12-49-28(33)35-19)37-47-30(3,27(41)42)21-9-5-13-10-14(4-8-20(13)46-21)24(32)34-18-7-6-17(31)15-11-16(15)18/h4,8,10,12,15-18,21,23H,5-7,9,11,31H2,1-3H3,(H2,32,34)(H2,33,35)(H,36,39)(H,41,42)(H,43,44,45)/b37-22-/t15?,16-,17+,18-,21-,23-,30+/m1/s1. The number of anilines is 1. The van der Waals surface area contributed by atoms with Gasteiger partial charge in [-0.1, -0.05) is 5.16 Å². The zero-order valence-electron chi connectivity index (χ0n) is 27.3. The second kappa shape index (κ2) is 12.7. The van der Waals surface area contributed by atoms with Gasteiger partial charge in [0.25, 0.3) is 17.4 Å². The third-order valence-corrected chi connectivity index (χ3v) is 10.8. The van der Waals surface area contributed by atoms with E-state index in [2.05, 4.69) is 19.7 Å². The Balaban J connectivity index is 1.19. The molecule has 9 N–H and O–H groups in total. The van der Waals surface area contributed by atoms with Gasteiger partial charge in [-0.2, -0.15) is 13.5 Å². The molecule has 20 heteroatoms. The Morgan fingerprint density at radius 1 is 1.24 bits per heavy atom. The Labute approximate surface area is 290 Å². The summed E-state index contributed by atoms with van der Waals surface area (Å²) in [5, 5.41) is 18.4. The van der Waals surface area contributed by atoms with E-state index in [1.54, 1.807) is 12.1 Å². The van der Waals surface area contributed by atoms with Crippen molar-refractivity contribution >= 4 is 56.2 Å². The Bertz CT molecular complexity index is 1900. The van der Waals surface area contributed by atoms with Crippen LogP contribution in [-0.4, -0.2) is 92.8 Å². The fourth-order valence-corrected chi connectivity index (χ4v) is 7.71. The van der Waals surface area contributed by atoms with Crippen LogP contribution >= 0.6 is 11.3 Å². The Hall–Kier alpha value is -4.37. The van der Waals surface area contributed by atoms with Gasteiger partial charge in [-0.3, -0.25) is 19.1 Å². The van der Waals surface area contributed by atoms with Crippen LogP contribution < -0.4 is 27.3 Å². The summed E-state index contributed by atoms with van der Waals surface area (Å²) in [7, 11) is -5.03. The maximum absolute atomic E-state index is 13.5. The maximum atomic E-state index is 13.5. The van der Waals surface area contributed by atoms with Crippen molar-refractivity contribution in [3.8, 4) is 5.75 Å². The van der Waals surface area contributed by atoms with E-state index in [0.717, 1.165) is 41.7 Å². The van der Waals surface area contributed by atoms with Gasteiger partial charge in [-0.05, 0) is 88.5 Å². The molecule has 0 spiro atoms. The van der Waals surface area contributed by atoms with Gasteiger partial charge in [0.05, 0.1) is 11.6 Å². The molecule has 4 aliphatic rings. The molecule has 2 aromatic rings. The van der Waals surface area contributed by atoms with Gasteiger partial charge >= 0.3 is 16.4 Å². The number of carbonyl (C=O) groups is 3. The molecule has 1 saturated heterocycles. The number of nitrogens with zero attached hydrogens (tertiary/aromatic N) is 4. The fraction of sp³-hybridized carbons (Fsp3) is 0.533. The molecule has 3 heterocycles. The van der Waals surface area contributed by atoms with Gasteiger partial charge in [0.15, 0.2) is 16.9 Å². The number of hydrogen-bond acceptors (Lipinski definition) is 14. The van der Waals surface area contributed by atoms with Crippen molar-refractivity contribution < 1.29 is 46.3 Å². The highest BCUT2D eigenvalue weighted by molar-refractivity contribution is 7.80. The first-order chi connectivity index (χ1) is 23.4. The van der Waals surface area contributed by atoms with Crippen molar-refractivity contribution in [1.29, 1.82) is 0 Å². The van der Waals surface area contributed by atoms with Crippen molar-refractivity contribution in [3.05, 3.63) is 40.4 Å². The highest BCUT2D eigenvalue weighted by Gasteiger charge is 2.58. The Morgan fingerprint density at radius 3 is 2.62 bits per heavy atom. The number of nitrogen functional groups attached to an aromatic ring is 1. The van der Waals surface area contributed by atoms with Crippen molar-refractivity contribution in [3.63, 3.8) is 0 Å². The lowest BCUT2D eigenvalue weighted by Gasteiger charge is -2.50. The number of rotatable bonds is 11. The van der Waals surface area contributed by atoms with Gasteiger partial charge in [0.2, 0.25) is 0 Å². The van der Waals surface area contributed by atoms with Crippen molar-refractivity contribution in [2.75, 3.05) is 5.73 Å². The van der Waals surface area contributed by atoms with Crippen LogP contribution in [0.15, 0.2) is 33.7 Å². The monoisotopic (exact) mass is 734 g/mol. The van der Waals surface area contributed by atoms with Crippen LogP contribution in [0, 0.1) is 11.8 Å². The van der Waals surface area contributed by atoms with Gasteiger partial charge in [-0.15, -0.1) is 15.6 Å². The lowest BCUT2D eigenvalue weighted by Crippen LogP contribution is -2.76. The molecular weight excluding hydrogens is 697 g/mol. The predicted molar refractivity (Wildman–Crippen MR) is 178 cm³/mol. The predicted octanol–water partition coefficient (Wildman–Crippen LogP) is 0.354. The molecule has 3 fully saturated rings. The van der Waals surface area contributed by atoms with Crippen molar-refractivity contribution in [2.24, 2.45) is 33.5 Å². The molecule has 2 saturated carbocycles. The number of aliphatic imine (C=N–C) groups is 1. The lowest BCUT2D eigenvalue weighted by atomic mass is 9.84. The van der Waals surface area contributed by atoms with Crippen LogP contribution in [0.3, 0.4) is 0 Å². The number of aryl methyl sites for hydroxylation is 1. The summed E-state index contributed by atoms with van der Waals surface area (Å²) < 4.78 is 41.8. The number of thiazole rings is 1. The number of benzene rings is 1. The number of amides is 2. The number of carboxylic acids is 1. The van der Waals surface area contributed by atoms with Gasteiger partial charge < -0.3 is 37.2 Å². The molecule has 2 amide bonds. The zero-order valence-corrected chi connectivity index (χ0v) is 28.9. The molecule has 18 nitrogen and oxygen atoms in total. The summed E-state index contributed by atoms with van der Waals surface area (Å²) in [6, 6.07) is 4.38. The SMILES string of the molecule is CC1(C)[C@H](NC(=O)/C(=N\O[C@](C)(C(=O)O)[C@H]2CCc3cc(C(N)=N[C@@H]4CC[C@H](N)C5C[C@H]54)ccc3O2)c2csc(N)n2)C(=O)N1OS(=O)(=O)O. The number of fused-ring (bicyclic) bond motifs is 2. The topological polar surface area (TPSA) is 284 Å². The van der Waals surface area contributed by atoms with Crippen LogP contribution in [0.2, 0.25) is 0 Å². The van der Waals surface area contributed by atoms with Gasteiger partial charge in [0, 0.05) is 17.0 Å². The number of oxime groups is 1. The molecule has 0 radical (unpaired) electrons. The number of β-lactam (4-membered cyclic amide) rings is 1. The molecule has 270 valence electrons. The highest BCUT2D eigenvalue weighted by Crippen LogP contribution is 2.50. The summed E-state index contributed by atoms with van der Waals surface area (Å²) in [5.41, 5.74) is 15.8. The van der Waals surface area contributed by atoms with Crippen molar-refractivity contribution in [2.45, 2.75) is 88.2 Å². The number of ether oxygens (including phenoxy) is 1. The molecule has 6 rings (SSSR count). The van der Waals surface area contributed by atoms with E-state index >= 15 is 0 Å². The summed E-state index contributed by atoms with van der Waals surface area (Å²) in [4.78, 5) is 53.2. The summed E-state index contributed by atoms with van der Waals surface area (Å²) >= 11 is 0.968. The molecular formula is C30H38N8O10S2. The van der Waals surface area contributed by atoms with Crippen LogP contribution in [0.5, 0.6) is 5.75 Å². The largest absolute Gasteiger partial charge is 0.485 e. The minimum absolute atomic E-state index is 0.0613. The summed E-state index contributed by atoms with van der Waals surface area (Å²) in [6.07, 6.45) is 2.45. The number of nitrogens with two attached hydrogens (primary N) is 3. The molecule has 2 aliphatic carbocycles. The van der Waals surface area contributed by atoms with Crippen LogP contribution in [-0.2, 0) is 40.3 Å². The van der Waals surface area contributed by atoms with E-state index in [1.165, 1.54) is 26.2 Å².